The molecule has 7 heteroatoms. The van der Waals surface area contributed by atoms with Crippen LogP contribution in [0, 0.1) is 12.3 Å². The molecule has 3 rings (SSSR count). The molecule has 2 N–H and O–H groups in total. The summed E-state index contributed by atoms with van der Waals surface area (Å²) in [6.07, 6.45) is 4.19. The van der Waals surface area contributed by atoms with Crippen molar-refractivity contribution in [1.29, 1.82) is 0 Å². The molecular formula is C21H32N4O3. The van der Waals surface area contributed by atoms with Gasteiger partial charge in [-0.3, -0.25) is 9.59 Å². The Kier molecular flexibility index (Phi) is 6.67. The molecule has 2 amide bonds. The minimum absolute atomic E-state index is 0.0214. The van der Waals surface area contributed by atoms with Crippen molar-refractivity contribution in [3.05, 3.63) is 29.6 Å². The van der Waals surface area contributed by atoms with E-state index in [9.17, 15) is 9.59 Å². The second-order valence-electron chi connectivity index (χ2n) is 8.11. The summed E-state index contributed by atoms with van der Waals surface area (Å²) in [5.74, 6) is -0.177. The van der Waals surface area contributed by atoms with Crippen LogP contribution in [0.5, 0.6) is 0 Å². The van der Waals surface area contributed by atoms with Crippen molar-refractivity contribution >= 4 is 11.8 Å². The lowest BCUT2D eigenvalue weighted by atomic mass is 9.74. The van der Waals surface area contributed by atoms with Gasteiger partial charge in [-0.15, -0.1) is 0 Å². The molecule has 0 unspecified atom stereocenters. The van der Waals surface area contributed by atoms with Crippen molar-refractivity contribution in [2.75, 3.05) is 39.9 Å². The Balaban J connectivity index is 1.52. The van der Waals surface area contributed by atoms with E-state index in [-0.39, 0.29) is 11.8 Å². The molecular weight excluding hydrogens is 356 g/mol. The summed E-state index contributed by atoms with van der Waals surface area (Å²) in [6, 6.07) is 6.03. The number of primary amides is 1. The minimum atomic E-state index is -0.431. The number of nitrogens with two attached hydrogens (primary N) is 1. The molecule has 2 aliphatic heterocycles. The van der Waals surface area contributed by atoms with Crippen LogP contribution in [-0.2, 0) is 9.53 Å². The Morgan fingerprint density at radius 3 is 2.46 bits per heavy atom. The largest absolute Gasteiger partial charge is 0.385 e. The molecule has 0 saturated carbocycles. The summed E-state index contributed by atoms with van der Waals surface area (Å²) in [7, 11) is 1.66. The van der Waals surface area contributed by atoms with Crippen LogP contribution in [0.4, 0.5) is 0 Å². The SMILES string of the molecule is COCCC1(C(N)=O)CCN(C2CCN(C(=O)c3cccc(C)n3)CC2)CC1. The first-order valence-corrected chi connectivity index (χ1v) is 10.2. The monoisotopic (exact) mass is 388 g/mol. The normalized spacial score (nSPS) is 20.9. The smallest absolute Gasteiger partial charge is 0.272 e. The van der Waals surface area contributed by atoms with E-state index in [0.717, 1.165) is 57.6 Å². The second kappa shape index (κ2) is 9.01. The van der Waals surface area contributed by atoms with Gasteiger partial charge in [0.15, 0.2) is 0 Å². The number of amides is 2. The molecule has 0 aliphatic carbocycles. The van der Waals surface area contributed by atoms with Gasteiger partial charge in [-0.05, 0) is 64.3 Å². The molecule has 28 heavy (non-hydrogen) atoms. The van der Waals surface area contributed by atoms with Gasteiger partial charge < -0.3 is 20.3 Å². The second-order valence-corrected chi connectivity index (χ2v) is 8.11. The molecule has 7 nitrogen and oxygen atoms in total. The predicted octanol–water partition coefficient (Wildman–Crippen LogP) is 1.60. The Morgan fingerprint density at radius 2 is 1.89 bits per heavy atom. The van der Waals surface area contributed by atoms with E-state index in [0.29, 0.717) is 24.8 Å². The number of piperidine rings is 2. The third-order valence-corrected chi connectivity index (χ3v) is 6.44. The minimum Gasteiger partial charge on any atom is -0.385 e. The third kappa shape index (κ3) is 4.52. The number of carbonyl (C=O) groups excluding carboxylic acids is 2. The predicted molar refractivity (Wildman–Crippen MR) is 107 cm³/mol. The molecule has 2 aliphatic rings. The van der Waals surface area contributed by atoms with Crippen molar-refractivity contribution in [3.8, 4) is 0 Å². The average molecular weight is 389 g/mol. The van der Waals surface area contributed by atoms with Crippen LogP contribution in [0.15, 0.2) is 18.2 Å². The van der Waals surface area contributed by atoms with Crippen molar-refractivity contribution in [1.82, 2.24) is 14.8 Å². The lowest BCUT2D eigenvalue weighted by molar-refractivity contribution is -0.132. The Bertz CT molecular complexity index is 693. The molecule has 1 aromatic rings. The van der Waals surface area contributed by atoms with Crippen molar-refractivity contribution in [2.24, 2.45) is 11.1 Å². The number of hydrogen-bond acceptors (Lipinski definition) is 5. The molecule has 2 fully saturated rings. The average Bonchev–Trinajstić information content (AvgIpc) is 2.72. The van der Waals surface area contributed by atoms with Gasteiger partial charge in [0.05, 0.1) is 5.41 Å². The quantitative estimate of drug-likeness (QED) is 0.800. The van der Waals surface area contributed by atoms with E-state index in [1.54, 1.807) is 13.2 Å². The van der Waals surface area contributed by atoms with Crippen LogP contribution in [0.3, 0.4) is 0 Å². The van der Waals surface area contributed by atoms with Crippen LogP contribution < -0.4 is 5.73 Å². The number of pyridine rings is 1. The first-order chi connectivity index (χ1) is 13.4. The number of hydrogen-bond donors (Lipinski definition) is 1. The van der Waals surface area contributed by atoms with Gasteiger partial charge in [0.1, 0.15) is 5.69 Å². The summed E-state index contributed by atoms with van der Waals surface area (Å²) >= 11 is 0. The molecule has 154 valence electrons. The molecule has 0 aromatic carbocycles. The summed E-state index contributed by atoms with van der Waals surface area (Å²) in [5, 5.41) is 0. The van der Waals surface area contributed by atoms with Gasteiger partial charge in [-0.1, -0.05) is 6.07 Å². The molecule has 0 spiro atoms. The highest BCUT2D eigenvalue weighted by Crippen LogP contribution is 2.36. The number of carbonyl (C=O) groups is 2. The number of ether oxygens (including phenoxy) is 1. The van der Waals surface area contributed by atoms with E-state index >= 15 is 0 Å². The third-order valence-electron chi connectivity index (χ3n) is 6.44. The van der Waals surface area contributed by atoms with Crippen LogP contribution >= 0.6 is 0 Å². The van der Waals surface area contributed by atoms with Crippen LogP contribution in [0.1, 0.15) is 48.3 Å². The maximum Gasteiger partial charge on any atom is 0.272 e. The van der Waals surface area contributed by atoms with Crippen molar-refractivity contribution in [2.45, 2.75) is 45.1 Å². The zero-order valence-corrected chi connectivity index (χ0v) is 17.0. The summed E-state index contributed by atoms with van der Waals surface area (Å²) < 4.78 is 5.18. The van der Waals surface area contributed by atoms with E-state index < -0.39 is 5.41 Å². The Morgan fingerprint density at radius 1 is 1.21 bits per heavy atom. The van der Waals surface area contributed by atoms with Crippen LogP contribution in [0.25, 0.3) is 0 Å². The van der Waals surface area contributed by atoms with Gasteiger partial charge in [0.2, 0.25) is 5.91 Å². The first kappa shape index (κ1) is 20.7. The summed E-state index contributed by atoms with van der Waals surface area (Å²) in [5.41, 5.74) is 6.68. The summed E-state index contributed by atoms with van der Waals surface area (Å²) in [6.45, 7) is 5.73. The van der Waals surface area contributed by atoms with Gasteiger partial charge in [0, 0.05) is 38.5 Å². The van der Waals surface area contributed by atoms with E-state index in [4.69, 9.17) is 10.5 Å². The maximum atomic E-state index is 12.7. The lowest BCUT2D eigenvalue weighted by Gasteiger charge is -2.45. The highest BCUT2D eigenvalue weighted by molar-refractivity contribution is 5.92. The van der Waals surface area contributed by atoms with E-state index in [1.807, 2.05) is 24.0 Å². The first-order valence-electron chi connectivity index (χ1n) is 10.2. The fraction of sp³-hybridized carbons (Fsp3) is 0.667. The highest BCUT2D eigenvalue weighted by Gasteiger charge is 2.41. The van der Waals surface area contributed by atoms with Gasteiger partial charge in [-0.25, -0.2) is 4.98 Å². The number of aryl methyl sites for hydroxylation is 1. The number of nitrogens with zero attached hydrogens (tertiary/aromatic N) is 3. The zero-order valence-electron chi connectivity index (χ0n) is 17.0. The molecule has 0 bridgehead atoms. The fourth-order valence-corrected chi connectivity index (χ4v) is 4.49. The number of methoxy groups -OCH3 is 1. The van der Waals surface area contributed by atoms with Crippen molar-refractivity contribution in [3.63, 3.8) is 0 Å². The lowest BCUT2D eigenvalue weighted by Crippen LogP contribution is -2.53. The highest BCUT2D eigenvalue weighted by atomic mass is 16.5. The standard InChI is InChI=1S/C21H32N4O3/c1-16-4-3-5-18(23-16)19(26)25-11-6-17(7-12-25)24-13-8-21(9-14-24,20(22)27)10-15-28-2/h3-5,17H,6-15H2,1-2H3,(H2,22,27). The topological polar surface area (TPSA) is 88.8 Å². The number of aromatic nitrogens is 1. The van der Waals surface area contributed by atoms with Crippen LogP contribution in [0.2, 0.25) is 0 Å². The molecule has 1 aromatic heterocycles. The van der Waals surface area contributed by atoms with Gasteiger partial charge in [0.25, 0.3) is 5.91 Å². The van der Waals surface area contributed by atoms with Gasteiger partial charge in [-0.2, -0.15) is 0 Å². The fourth-order valence-electron chi connectivity index (χ4n) is 4.49. The summed E-state index contributed by atoms with van der Waals surface area (Å²) in [4.78, 5) is 33.5. The molecule has 0 atom stereocenters. The number of likely N-dealkylation sites (tertiary alicyclic amines) is 2. The molecule has 2 saturated heterocycles. The van der Waals surface area contributed by atoms with Crippen molar-refractivity contribution < 1.29 is 14.3 Å². The van der Waals surface area contributed by atoms with Crippen LogP contribution in [-0.4, -0.2) is 72.5 Å². The van der Waals surface area contributed by atoms with E-state index in [1.165, 1.54) is 0 Å². The molecule has 0 radical (unpaired) electrons. The Hall–Kier alpha value is -1.99. The van der Waals surface area contributed by atoms with Gasteiger partial charge >= 0.3 is 0 Å². The zero-order chi connectivity index (χ0) is 20.1. The van der Waals surface area contributed by atoms with E-state index in [2.05, 4.69) is 9.88 Å². The number of rotatable bonds is 6. The maximum absolute atomic E-state index is 12.7. The molecule has 3 heterocycles. The Labute approximate surface area is 167 Å².